The fourth-order valence-electron chi connectivity index (χ4n) is 1.37. The van der Waals surface area contributed by atoms with Gasteiger partial charge in [-0.15, -0.1) is 0 Å². The molecule has 14 heavy (non-hydrogen) atoms. The van der Waals surface area contributed by atoms with Gasteiger partial charge in [-0.25, -0.2) is 4.39 Å². The quantitative estimate of drug-likeness (QED) is 0.817. The molecule has 0 radical (unpaired) electrons. The van der Waals surface area contributed by atoms with E-state index in [9.17, 15) is 4.39 Å². The molecular weight excluding hydrogens is 205 g/mol. The maximum Gasteiger partial charge on any atom is 0.142 e. The summed E-state index contributed by atoms with van der Waals surface area (Å²) in [5.41, 5.74) is -0.179. The molecule has 1 saturated heterocycles. The van der Waals surface area contributed by atoms with Crippen LogP contribution in [0.25, 0.3) is 0 Å². The smallest absolute Gasteiger partial charge is 0.142 e. The molecule has 1 N–H and O–H groups in total. The van der Waals surface area contributed by atoms with E-state index in [-0.39, 0.29) is 10.6 Å². The lowest BCUT2D eigenvalue weighted by molar-refractivity contribution is 0.0348. The van der Waals surface area contributed by atoms with Gasteiger partial charge in [0.2, 0.25) is 0 Å². The molecule has 76 valence electrons. The largest absolute Gasteiger partial charge is 0.485 e. The first-order valence-corrected chi connectivity index (χ1v) is 4.82. The van der Waals surface area contributed by atoms with Crippen LogP contribution in [0.2, 0.25) is 5.02 Å². The SMILES string of the molecule is CC1(Oc2ccc(F)c(Cl)c2)CNC1. The van der Waals surface area contributed by atoms with Crippen molar-refractivity contribution >= 4 is 11.6 Å². The Morgan fingerprint density at radius 1 is 1.50 bits per heavy atom. The normalized spacial score (nSPS) is 18.8. The molecule has 2 rings (SSSR count). The molecule has 1 aliphatic heterocycles. The molecule has 0 aromatic heterocycles. The number of hydrogen-bond donors (Lipinski definition) is 1. The average molecular weight is 216 g/mol. The van der Waals surface area contributed by atoms with E-state index in [0.29, 0.717) is 5.75 Å². The van der Waals surface area contributed by atoms with Gasteiger partial charge in [-0.3, -0.25) is 0 Å². The molecule has 0 aliphatic carbocycles. The van der Waals surface area contributed by atoms with Gasteiger partial charge in [-0.2, -0.15) is 0 Å². The van der Waals surface area contributed by atoms with Crippen molar-refractivity contribution < 1.29 is 9.13 Å². The summed E-state index contributed by atoms with van der Waals surface area (Å²) >= 11 is 5.63. The fourth-order valence-corrected chi connectivity index (χ4v) is 1.54. The Balaban J connectivity index is 2.13. The van der Waals surface area contributed by atoms with Crippen LogP contribution in [-0.2, 0) is 0 Å². The van der Waals surface area contributed by atoms with E-state index in [1.165, 1.54) is 12.1 Å². The predicted molar refractivity (Wildman–Crippen MR) is 53.3 cm³/mol. The van der Waals surface area contributed by atoms with Gasteiger partial charge in [-0.1, -0.05) is 11.6 Å². The molecule has 1 aromatic rings. The maximum atomic E-state index is 12.8. The van der Waals surface area contributed by atoms with Crippen molar-refractivity contribution in [2.75, 3.05) is 13.1 Å². The van der Waals surface area contributed by atoms with Crippen LogP contribution in [0.3, 0.4) is 0 Å². The lowest BCUT2D eigenvalue weighted by Gasteiger charge is -2.39. The molecule has 1 heterocycles. The second kappa shape index (κ2) is 3.41. The standard InChI is InChI=1S/C10H11ClFNO/c1-10(5-13-6-10)14-7-2-3-9(12)8(11)4-7/h2-4,13H,5-6H2,1H3. The predicted octanol–water partition coefficient (Wildman–Crippen LogP) is 2.22. The summed E-state index contributed by atoms with van der Waals surface area (Å²) in [6.07, 6.45) is 0. The Bertz CT molecular complexity index is 352. The third-order valence-corrected chi connectivity index (χ3v) is 2.54. The molecule has 2 nitrogen and oxygen atoms in total. The summed E-state index contributed by atoms with van der Waals surface area (Å²) in [5.74, 6) is 0.191. The Kier molecular flexibility index (Phi) is 2.37. The Morgan fingerprint density at radius 2 is 2.21 bits per heavy atom. The van der Waals surface area contributed by atoms with Gasteiger partial charge in [0.15, 0.2) is 0 Å². The molecule has 0 amide bonds. The van der Waals surface area contributed by atoms with Crippen LogP contribution in [0.5, 0.6) is 5.75 Å². The summed E-state index contributed by atoms with van der Waals surface area (Å²) in [5, 5.41) is 3.21. The van der Waals surface area contributed by atoms with E-state index in [4.69, 9.17) is 16.3 Å². The van der Waals surface area contributed by atoms with Crippen LogP contribution in [0.15, 0.2) is 18.2 Å². The first-order valence-electron chi connectivity index (χ1n) is 4.44. The van der Waals surface area contributed by atoms with Crippen LogP contribution in [-0.4, -0.2) is 18.7 Å². The summed E-state index contributed by atoms with van der Waals surface area (Å²) < 4.78 is 18.5. The molecule has 0 unspecified atom stereocenters. The van der Waals surface area contributed by atoms with Gasteiger partial charge < -0.3 is 10.1 Å². The number of rotatable bonds is 2. The van der Waals surface area contributed by atoms with Crippen LogP contribution in [0, 0.1) is 5.82 Å². The zero-order valence-corrected chi connectivity index (χ0v) is 8.57. The second-order valence-corrected chi connectivity index (χ2v) is 4.14. The highest BCUT2D eigenvalue weighted by molar-refractivity contribution is 6.30. The first-order chi connectivity index (χ1) is 6.59. The Morgan fingerprint density at radius 3 is 2.71 bits per heavy atom. The van der Waals surface area contributed by atoms with Crippen molar-refractivity contribution in [3.05, 3.63) is 29.0 Å². The minimum Gasteiger partial charge on any atom is -0.485 e. The number of nitrogens with one attached hydrogen (secondary N) is 1. The highest BCUT2D eigenvalue weighted by atomic mass is 35.5. The summed E-state index contributed by atoms with van der Waals surface area (Å²) in [6.45, 7) is 3.62. The zero-order valence-electron chi connectivity index (χ0n) is 7.81. The molecule has 0 bridgehead atoms. The van der Waals surface area contributed by atoms with Crippen molar-refractivity contribution in [1.29, 1.82) is 0 Å². The molecule has 4 heteroatoms. The number of ether oxygens (including phenoxy) is 1. The topological polar surface area (TPSA) is 21.3 Å². The Labute approximate surface area is 87.0 Å². The summed E-state index contributed by atoms with van der Waals surface area (Å²) in [7, 11) is 0. The van der Waals surface area contributed by atoms with E-state index >= 15 is 0 Å². The molecular formula is C10H11ClFNO. The van der Waals surface area contributed by atoms with E-state index in [1.807, 2.05) is 6.92 Å². The van der Waals surface area contributed by atoms with Gasteiger partial charge in [0, 0.05) is 19.2 Å². The summed E-state index contributed by atoms with van der Waals surface area (Å²) in [4.78, 5) is 0. The van der Waals surface area contributed by atoms with Crippen molar-refractivity contribution in [2.24, 2.45) is 0 Å². The molecule has 0 atom stereocenters. The number of hydrogen-bond acceptors (Lipinski definition) is 2. The van der Waals surface area contributed by atoms with Crippen molar-refractivity contribution in [2.45, 2.75) is 12.5 Å². The third-order valence-electron chi connectivity index (χ3n) is 2.25. The molecule has 0 spiro atoms. The van der Waals surface area contributed by atoms with Crippen molar-refractivity contribution in [3.8, 4) is 5.75 Å². The number of benzene rings is 1. The average Bonchev–Trinajstić information content (AvgIpc) is 2.09. The molecule has 1 aliphatic rings. The van der Waals surface area contributed by atoms with Gasteiger partial charge in [0.05, 0.1) is 5.02 Å². The van der Waals surface area contributed by atoms with Gasteiger partial charge >= 0.3 is 0 Å². The van der Waals surface area contributed by atoms with Gasteiger partial charge in [0.25, 0.3) is 0 Å². The van der Waals surface area contributed by atoms with Crippen LogP contribution in [0.4, 0.5) is 4.39 Å². The van der Waals surface area contributed by atoms with E-state index < -0.39 is 5.82 Å². The third kappa shape index (κ3) is 1.83. The van der Waals surface area contributed by atoms with Gasteiger partial charge in [-0.05, 0) is 19.1 Å². The summed E-state index contributed by atoms with van der Waals surface area (Å²) in [6, 6.07) is 4.40. The zero-order chi connectivity index (χ0) is 10.2. The molecule has 1 aromatic carbocycles. The van der Waals surface area contributed by atoms with Crippen molar-refractivity contribution in [1.82, 2.24) is 5.32 Å². The van der Waals surface area contributed by atoms with E-state index in [1.54, 1.807) is 6.07 Å². The number of halogens is 2. The maximum absolute atomic E-state index is 12.8. The highest BCUT2D eigenvalue weighted by Gasteiger charge is 2.33. The minimum absolute atomic E-state index is 0.0957. The monoisotopic (exact) mass is 215 g/mol. The van der Waals surface area contributed by atoms with Gasteiger partial charge in [0.1, 0.15) is 17.2 Å². The van der Waals surface area contributed by atoms with Crippen LogP contribution < -0.4 is 10.1 Å². The lowest BCUT2D eigenvalue weighted by Crippen LogP contribution is -2.61. The lowest BCUT2D eigenvalue weighted by atomic mass is 10.00. The highest BCUT2D eigenvalue weighted by Crippen LogP contribution is 2.25. The first kappa shape index (κ1) is 9.74. The van der Waals surface area contributed by atoms with Crippen LogP contribution >= 0.6 is 11.6 Å². The van der Waals surface area contributed by atoms with E-state index in [2.05, 4.69) is 5.32 Å². The second-order valence-electron chi connectivity index (χ2n) is 3.73. The van der Waals surface area contributed by atoms with Crippen molar-refractivity contribution in [3.63, 3.8) is 0 Å². The Hall–Kier alpha value is -0.800. The van der Waals surface area contributed by atoms with E-state index in [0.717, 1.165) is 13.1 Å². The van der Waals surface area contributed by atoms with Crippen LogP contribution in [0.1, 0.15) is 6.92 Å². The molecule has 1 fully saturated rings. The molecule has 0 saturated carbocycles. The fraction of sp³-hybridized carbons (Fsp3) is 0.400. The minimum atomic E-state index is -0.420.